The Morgan fingerprint density at radius 1 is 1.24 bits per heavy atom. The summed E-state index contributed by atoms with van der Waals surface area (Å²) in [6, 6.07) is 2.03. The van der Waals surface area contributed by atoms with E-state index in [9.17, 15) is 0 Å². The summed E-state index contributed by atoms with van der Waals surface area (Å²) >= 11 is 0. The zero-order valence-electron chi connectivity index (χ0n) is 9.58. The molecule has 2 aromatic rings. The average molecular weight is 229 g/mol. The summed E-state index contributed by atoms with van der Waals surface area (Å²) in [5.41, 5.74) is 7.26. The van der Waals surface area contributed by atoms with E-state index in [-0.39, 0.29) is 0 Å². The largest absolute Gasteiger partial charge is 0.394 e. The van der Waals surface area contributed by atoms with Crippen molar-refractivity contribution in [2.24, 2.45) is 11.8 Å². The highest BCUT2D eigenvalue weighted by Crippen LogP contribution is 2.40. The number of anilines is 2. The number of rotatable bonds is 1. The highest BCUT2D eigenvalue weighted by atomic mass is 15.3. The molecule has 0 unspecified atom stereocenters. The van der Waals surface area contributed by atoms with Gasteiger partial charge in [-0.05, 0) is 30.7 Å². The molecular weight excluding hydrogens is 214 g/mol. The molecule has 1 aliphatic carbocycles. The maximum absolute atomic E-state index is 5.85. The second kappa shape index (κ2) is 3.12. The first-order chi connectivity index (χ1) is 8.29. The summed E-state index contributed by atoms with van der Waals surface area (Å²) in [7, 11) is 0. The molecule has 0 amide bonds. The summed E-state index contributed by atoms with van der Waals surface area (Å²) in [6.45, 7) is 2.29. The first-order valence-corrected chi connectivity index (χ1v) is 6.14. The first kappa shape index (κ1) is 9.27. The number of nitrogens with zero attached hydrogens (tertiary/aromatic N) is 4. The Kier molecular flexibility index (Phi) is 1.70. The van der Waals surface area contributed by atoms with E-state index >= 15 is 0 Å². The molecule has 17 heavy (non-hydrogen) atoms. The standard InChI is InChI=1S/C12H15N5/c13-10-5-14-17-2-1-11(15-12(10)17)16-6-8-3-9(4-8)7-16/h1-2,5,8-9H,3-4,6-7,13H2. The lowest BCUT2D eigenvalue weighted by Gasteiger charge is -2.47. The molecule has 0 spiro atoms. The van der Waals surface area contributed by atoms with Crippen molar-refractivity contribution in [3.63, 3.8) is 0 Å². The minimum absolute atomic E-state index is 0.647. The van der Waals surface area contributed by atoms with Crippen molar-refractivity contribution in [3.8, 4) is 0 Å². The first-order valence-electron chi connectivity index (χ1n) is 6.14. The Balaban J connectivity index is 1.72. The predicted molar refractivity (Wildman–Crippen MR) is 65.8 cm³/mol. The molecule has 4 heterocycles. The van der Waals surface area contributed by atoms with Crippen molar-refractivity contribution in [3.05, 3.63) is 18.5 Å². The SMILES string of the molecule is Nc1cnn2ccc(N3CC4CC(C4)C3)nc12. The van der Waals surface area contributed by atoms with Gasteiger partial charge in [0.05, 0.1) is 11.9 Å². The number of fused-ring (bicyclic) bond motifs is 3. The Labute approximate surface area is 99.2 Å². The second-order valence-electron chi connectivity index (χ2n) is 5.26. The van der Waals surface area contributed by atoms with Gasteiger partial charge in [-0.25, -0.2) is 9.50 Å². The molecule has 5 rings (SSSR count). The number of hydrogen-bond donors (Lipinski definition) is 1. The lowest BCUT2D eigenvalue weighted by atomic mass is 9.71. The smallest absolute Gasteiger partial charge is 0.180 e. The van der Waals surface area contributed by atoms with Crippen molar-refractivity contribution < 1.29 is 0 Å². The molecule has 3 fully saturated rings. The van der Waals surface area contributed by atoms with Crippen LogP contribution in [0.4, 0.5) is 11.5 Å². The van der Waals surface area contributed by atoms with E-state index in [0.717, 1.165) is 36.4 Å². The van der Waals surface area contributed by atoms with Crippen LogP contribution in [0.25, 0.3) is 5.65 Å². The van der Waals surface area contributed by atoms with Gasteiger partial charge in [-0.3, -0.25) is 0 Å². The van der Waals surface area contributed by atoms with Gasteiger partial charge in [0.2, 0.25) is 0 Å². The topological polar surface area (TPSA) is 59.4 Å². The summed E-state index contributed by atoms with van der Waals surface area (Å²) in [5, 5.41) is 4.14. The molecule has 2 aliphatic heterocycles. The molecule has 2 N–H and O–H groups in total. The van der Waals surface area contributed by atoms with E-state index < -0.39 is 0 Å². The molecule has 0 atom stereocenters. The van der Waals surface area contributed by atoms with E-state index in [1.54, 1.807) is 10.7 Å². The Hall–Kier alpha value is -1.78. The average Bonchev–Trinajstić information content (AvgIpc) is 2.70. The van der Waals surface area contributed by atoms with E-state index in [2.05, 4.69) is 15.0 Å². The molecule has 88 valence electrons. The minimum Gasteiger partial charge on any atom is -0.394 e. The van der Waals surface area contributed by atoms with Crippen molar-refractivity contribution >= 4 is 17.2 Å². The molecule has 0 radical (unpaired) electrons. The van der Waals surface area contributed by atoms with Gasteiger partial charge in [0, 0.05) is 19.3 Å². The van der Waals surface area contributed by atoms with Crippen molar-refractivity contribution in [1.82, 2.24) is 14.6 Å². The fourth-order valence-electron chi connectivity index (χ4n) is 3.11. The van der Waals surface area contributed by atoms with Crippen LogP contribution in [-0.2, 0) is 0 Å². The van der Waals surface area contributed by atoms with Crippen LogP contribution in [-0.4, -0.2) is 27.7 Å². The van der Waals surface area contributed by atoms with Gasteiger partial charge in [0.15, 0.2) is 5.65 Å². The third kappa shape index (κ3) is 1.31. The quantitative estimate of drug-likeness (QED) is 0.797. The zero-order valence-corrected chi connectivity index (χ0v) is 9.58. The summed E-state index contributed by atoms with van der Waals surface area (Å²) < 4.78 is 1.73. The van der Waals surface area contributed by atoms with E-state index in [4.69, 9.17) is 5.73 Å². The van der Waals surface area contributed by atoms with Crippen LogP contribution in [0.2, 0.25) is 0 Å². The van der Waals surface area contributed by atoms with Crippen LogP contribution in [0.5, 0.6) is 0 Å². The fraction of sp³-hybridized carbons (Fsp3) is 0.500. The maximum atomic E-state index is 5.85. The third-order valence-electron chi connectivity index (χ3n) is 4.00. The normalized spacial score (nSPS) is 27.2. The van der Waals surface area contributed by atoms with E-state index in [1.165, 1.54) is 12.8 Å². The molecule has 5 nitrogen and oxygen atoms in total. The van der Waals surface area contributed by atoms with Gasteiger partial charge in [-0.2, -0.15) is 5.10 Å². The highest BCUT2D eigenvalue weighted by molar-refractivity contribution is 5.65. The predicted octanol–water partition coefficient (Wildman–Crippen LogP) is 1.16. The zero-order chi connectivity index (χ0) is 11.4. The second-order valence-corrected chi connectivity index (χ2v) is 5.26. The van der Waals surface area contributed by atoms with Gasteiger partial charge in [0.25, 0.3) is 0 Å². The number of hydrogen-bond acceptors (Lipinski definition) is 4. The molecule has 2 bridgehead atoms. The summed E-state index contributed by atoms with van der Waals surface area (Å²) in [5.74, 6) is 2.81. The van der Waals surface area contributed by atoms with Crippen LogP contribution >= 0.6 is 0 Å². The van der Waals surface area contributed by atoms with Crippen molar-refractivity contribution in [2.75, 3.05) is 23.7 Å². The van der Waals surface area contributed by atoms with Crippen molar-refractivity contribution in [2.45, 2.75) is 12.8 Å². The van der Waals surface area contributed by atoms with Gasteiger partial charge in [-0.15, -0.1) is 0 Å². The monoisotopic (exact) mass is 229 g/mol. The molecule has 3 aliphatic rings. The number of aromatic nitrogens is 3. The number of nitrogen functional groups attached to an aromatic ring is 1. The molecular formula is C12H15N5. The van der Waals surface area contributed by atoms with Gasteiger partial charge < -0.3 is 10.6 Å². The minimum atomic E-state index is 0.647. The Morgan fingerprint density at radius 2 is 2.00 bits per heavy atom. The molecule has 1 saturated carbocycles. The molecule has 5 heteroatoms. The Bertz CT molecular complexity index is 559. The molecule has 2 saturated heterocycles. The van der Waals surface area contributed by atoms with Crippen LogP contribution < -0.4 is 10.6 Å². The third-order valence-corrected chi connectivity index (χ3v) is 4.00. The summed E-state index contributed by atoms with van der Waals surface area (Å²) in [6.07, 6.45) is 6.41. The molecule has 2 aromatic heterocycles. The lowest BCUT2D eigenvalue weighted by Crippen LogP contribution is -2.49. The number of piperidine rings is 2. The van der Waals surface area contributed by atoms with Gasteiger partial charge >= 0.3 is 0 Å². The fourth-order valence-corrected chi connectivity index (χ4v) is 3.11. The van der Waals surface area contributed by atoms with E-state index in [1.807, 2.05) is 12.3 Å². The van der Waals surface area contributed by atoms with Crippen LogP contribution in [0.15, 0.2) is 18.5 Å². The molecule has 0 aromatic carbocycles. The van der Waals surface area contributed by atoms with Gasteiger partial charge in [-0.1, -0.05) is 0 Å². The van der Waals surface area contributed by atoms with Gasteiger partial charge in [0.1, 0.15) is 5.82 Å². The Morgan fingerprint density at radius 3 is 2.76 bits per heavy atom. The highest BCUT2D eigenvalue weighted by Gasteiger charge is 2.37. The van der Waals surface area contributed by atoms with Crippen LogP contribution in [0, 0.1) is 11.8 Å². The van der Waals surface area contributed by atoms with E-state index in [0.29, 0.717) is 5.69 Å². The number of nitrogens with two attached hydrogens (primary N) is 1. The van der Waals surface area contributed by atoms with Crippen LogP contribution in [0.3, 0.4) is 0 Å². The van der Waals surface area contributed by atoms with Crippen molar-refractivity contribution in [1.29, 1.82) is 0 Å². The summed E-state index contributed by atoms with van der Waals surface area (Å²) in [4.78, 5) is 7.00. The lowest BCUT2D eigenvalue weighted by molar-refractivity contribution is 0.158. The van der Waals surface area contributed by atoms with Crippen LogP contribution in [0.1, 0.15) is 12.8 Å². The maximum Gasteiger partial charge on any atom is 0.180 e.